The summed E-state index contributed by atoms with van der Waals surface area (Å²) in [4.78, 5) is 0. The molecule has 0 aromatic rings. The molecular formula is C11H16LiN. The largest absolute Gasteiger partial charge is 1.00 e. The minimum absolute atomic E-state index is 0. The Balaban J connectivity index is 0.00000144. The molecule has 66 valence electrons. The molecule has 0 unspecified atom stereocenters. The van der Waals surface area contributed by atoms with Crippen molar-refractivity contribution in [2.75, 3.05) is 6.54 Å². The minimum atomic E-state index is 0. The first-order chi connectivity index (χ1) is 5.93. The first-order valence-corrected chi connectivity index (χ1v) is 4.63. The average Bonchev–Trinajstić information content (AvgIpc) is 2.57. The summed E-state index contributed by atoms with van der Waals surface area (Å²) < 4.78 is 0. The molecule has 0 bridgehead atoms. The predicted molar refractivity (Wildman–Crippen MR) is 52.6 cm³/mol. The summed E-state index contributed by atoms with van der Waals surface area (Å²) in [6.45, 7) is 3.29. The van der Waals surface area contributed by atoms with Crippen LogP contribution < -0.4 is 24.2 Å². The fourth-order valence-corrected chi connectivity index (χ4v) is 1.09. The van der Waals surface area contributed by atoms with E-state index < -0.39 is 0 Å². The Hall–Kier alpha value is -0.383. The molecule has 1 rings (SSSR count). The van der Waals surface area contributed by atoms with E-state index >= 15 is 0 Å². The Morgan fingerprint density at radius 3 is 2.92 bits per heavy atom. The molecule has 1 aliphatic rings. The Bertz CT molecular complexity index is 190. The van der Waals surface area contributed by atoms with Crippen molar-refractivity contribution in [2.45, 2.75) is 26.2 Å². The van der Waals surface area contributed by atoms with Crippen molar-refractivity contribution in [1.29, 1.82) is 0 Å². The Kier molecular flexibility index (Phi) is 7.98. The second-order valence-corrected chi connectivity index (χ2v) is 2.93. The van der Waals surface area contributed by atoms with Gasteiger partial charge in [0.25, 0.3) is 0 Å². The number of hydrogen-bond acceptors (Lipinski definition) is 1. The van der Waals surface area contributed by atoms with E-state index in [0.29, 0.717) is 0 Å². The standard InChI is InChI=1S/C11H16N.Li/c1-2-3-6-9-12-10-11-7-4-5-8-11;/h4-5,7,10,12H,2-3,6,9H2,1H3;/q-1;+1/b11-10-;. The molecule has 0 saturated carbocycles. The van der Waals surface area contributed by atoms with Crippen LogP contribution in [-0.2, 0) is 0 Å². The van der Waals surface area contributed by atoms with Crippen LogP contribution in [0.1, 0.15) is 26.2 Å². The van der Waals surface area contributed by atoms with Crippen molar-refractivity contribution in [3.63, 3.8) is 0 Å². The van der Waals surface area contributed by atoms with Crippen molar-refractivity contribution in [1.82, 2.24) is 5.32 Å². The Morgan fingerprint density at radius 1 is 1.46 bits per heavy atom. The van der Waals surface area contributed by atoms with Gasteiger partial charge in [0.05, 0.1) is 0 Å². The van der Waals surface area contributed by atoms with Gasteiger partial charge in [-0.05, 0) is 6.42 Å². The fraction of sp³-hybridized carbons (Fsp3) is 0.455. The molecule has 0 aliphatic heterocycles. The van der Waals surface area contributed by atoms with Crippen LogP contribution in [-0.4, -0.2) is 6.54 Å². The number of allylic oxidation sites excluding steroid dienone is 5. The normalized spacial score (nSPS) is 16.2. The summed E-state index contributed by atoms with van der Waals surface area (Å²) in [7, 11) is 0. The third kappa shape index (κ3) is 5.79. The second-order valence-electron chi connectivity index (χ2n) is 2.93. The molecule has 0 spiro atoms. The zero-order chi connectivity index (χ0) is 8.65. The van der Waals surface area contributed by atoms with Gasteiger partial charge >= 0.3 is 18.9 Å². The van der Waals surface area contributed by atoms with Gasteiger partial charge in [-0.2, -0.15) is 18.2 Å². The zero-order valence-corrected chi connectivity index (χ0v) is 8.64. The van der Waals surface area contributed by atoms with Gasteiger partial charge in [-0.25, -0.2) is 0 Å². The summed E-state index contributed by atoms with van der Waals surface area (Å²) in [6.07, 6.45) is 15.0. The van der Waals surface area contributed by atoms with Crippen LogP contribution in [0.25, 0.3) is 0 Å². The molecule has 1 N–H and O–H groups in total. The van der Waals surface area contributed by atoms with Crippen LogP contribution in [0.2, 0.25) is 0 Å². The third-order valence-corrected chi connectivity index (χ3v) is 1.80. The minimum Gasteiger partial charge on any atom is -0.429 e. The van der Waals surface area contributed by atoms with Crippen LogP contribution in [0.4, 0.5) is 0 Å². The summed E-state index contributed by atoms with van der Waals surface area (Å²) in [5.74, 6) is 0. The monoisotopic (exact) mass is 169 g/mol. The van der Waals surface area contributed by atoms with Crippen LogP contribution >= 0.6 is 0 Å². The molecule has 0 heterocycles. The Labute approximate surface area is 93.2 Å². The number of hydrogen-bond donors (Lipinski definition) is 1. The molecule has 0 aromatic heterocycles. The van der Waals surface area contributed by atoms with Gasteiger partial charge in [0.15, 0.2) is 0 Å². The quantitative estimate of drug-likeness (QED) is 0.335. The molecule has 13 heavy (non-hydrogen) atoms. The van der Waals surface area contributed by atoms with E-state index in [1.807, 2.05) is 24.4 Å². The van der Waals surface area contributed by atoms with E-state index in [1.54, 1.807) is 0 Å². The number of rotatable bonds is 5. The van der Waals surface area contributed by atoms with Crippen molar-refractivity contribution in [3.8, 4) is 0 Å². The van der Waals surface area contributed by atoms with E-state index in [4.69, 9.17) is 0 Å². The van der Waals surface area contributed by atoms with Crippen molar-refractivity contribution < 1.29 is 18.9 Å². The van der Waals surface area contributed by atoms with Gasteiger partial charge in [0.2, 0.25) is 0 Å². The zero-order valence-electron chi connectivity index (χ0n) is 8.64. The fourth-order valence-electron chi connectivity index (χ4n) is 1.09. The van der Waals surface area contributed by atoms with Gasteiger partial charge in [0.1, 0.15) is 0 Å². The maximum Gasteiger partial charge on any atom is 1.00 e. The first kappa shape index (κ1) is 12.6. The van der Waals surface area contributed by atoms with Gasteiger partial charge in [-0.15, -0.1) is 11.6 Å². The van der Waals surface area contributed by atoms with E-state index in [2.05, 4.69) is 18.3 Å². The van der Waals surface area contributed by atoms with E-state index in [0.717, 1.165) is 12.1 Å². The first-order valence-electron chi connectivity index (χ1n) is 4.63. The van der Waals surface area contributed by atoms with Gasteiger partial charge in [0, 0.05) is 6.54 Å². The SMILES string of the molecule is CCCCCN/C=C1\[C-]=CC=C1.[Li+]. The summed E-state index contributed by atoms with van der Waals surface area (Å²) in [5, 5.41) is 3.27. The van der Waals surface area contributed by atoms with Gasteiger partial charge in [-0.3, -0.25) is 0 Å². The number of unbranched alkanes of at least 4 members (excludes halogenated alkanes) is 2. The van der Waals surface area contributed by atoms with Gasteiger partial charge in [-0.1, -0.05) is 26.0 Å². The smallest absolute Gasteiger partial charge is 0.429 e. The molecular weight excluding hydrogens is 153 g/mol. The molecule has 1 aliphatic carbocycles. The predicted octanol–water partition coefficient (Wildman–Crippen LogP) is -0.417. The molecule has 0 amide bonds. The van der Waals surface area contributed by atoms with Crippen molar-refractivity contribution in [3.05, 3.63) is 36.1 Å². The van der Waals surface area contributed by atoms with Gasteiger partial charge < -0.3 is 5.32 Å². The van der Waals surface area contributed by atoms with Crippen LogP contribution in [0, 0.1) is 6.08 Å². The molecule has 0 aromatic carbocycles. The van der Waals surface area contributed by atoms with Crippen molar-refractivity contribution in [2.24, 2.45) is 0 Å². The second kappa shape index (κ2) is 8.23. The maximum absolute atomic E-state index is 3.27. The molecule has 0 fully saturated rings. The molecule has 2 heteroatoms. The van der Waals surface area contributed by atoms with Crippen LogP contribution in [0.15, 0.2) is 30.0 Å². The molecule has 1 nitrogen and oxygen atoms in total. The van der Waals surface area contributed by atoms with Crippen LogP contribution in [0.3, 0.4) is 0 Å². The average molecular weight is 169 g/mol. The molecule has 0 radical (unpaired) electrons. The Morgan fingerprint density at radius 2 is 2.31 bits per heavy atom. The number of nitrogens with one attached hydrogen (secondary N) is 1. The molecule has 0 atom stereocenters. The maximum atomic E-state index is 3.27. The topological polar surface area (TPSA) is 12.0 Å². The third-order valence-electron chi connectivity index (χ3n) is 1.80. The summed E-state index contributed by atoms with van der Waals surface area (Å²) in [5.41, 5.74) is 1.14. The van der Waals surface area contributed by atoms with Crippen LogP contribution in [0.5, 0.6) is 0 Å². The summed E-state index contributed by atoms with van der Waals surface area (Å²) in [6, 6.07) is 0. The molecule has 0 saturated heterocycles. The van der Waals surface area contributed by atoms with E-state index in [1.165, 1.54) is 19.3 Å². The van der Waals surface area contributed by atoms with E-state index in [9.17, 15) is 0 Å². The summed E-state index contributed by atoms with van der Waals surface area (Å²) >= 11 is 0. The van der Waals surface area contributed by atoms with E-state index in [-0.39, 0.29) is 18.9 Å². The van der Waals surface area contributed by atoms with Crippen molar-refractivity contribution >= 4 is 0 Å².